The van der Waals surface area contributed by atoms with Gasteiger partial charge < -0.3 is 18.9 Å². The highest BCUT2D eigenvalue weighted by molar-refractivity contribution is 8.76. The highest BCUT2D eigenvalue weighted by atomic mass is 33.1. The van der Waals surface area contributed by atoms with Gasteiger partial charge in [0.05, 0.1) is 19.0 Å². The Balaban J connectivity index is 4.19. The van der Waals surface area contributed by atoms with E-state index >= 15 is 0 Å². The zero-order valence-corrected chi connectivity index (χ0v) is 25.2. The van der Waals surface area contributed by atoms with E-state index in [1.807, 2.05) is 21.6 Å². The summed E-state index contributed by atoms with van der Waals surface area (Å²) in [6.07, 6.45) is 8.65. The molecule has 8 heteroatoms. The first kappa shape index (κ1) is 31.0. The lowest BCUT2D eigenvalue weighted by atomic mass is 10.3. The molecular weight excluding hydrogens is 449 g/mol. The van der Waals surface area contributed by atoms with Crippen molar-refractivity contribution in [2.75, 3.05) is 37.9 Å². The van der Waals surface area contributed by atoms with E-state index in [-0.39, 0.29) is 29.9 Å². The van der Waals surface area contributed by atoms with Crippen LogP contribution in [-0.4, -0.2) is 67.8 Å². The molecule has 0 amide bonds. The molecular formula is C22H50O4S2Si2. The van der Waals surface area contributed by atoms with Crippen LogP contribution in [0, 0.1) is 0 Å². The molecule has 30 heavy (non-hydrogen) atoms. The summed E-state index contributed by atoms with van der Waals surface area (Å²) < 4.78 is 24.8. The summed E-state index contributed by atoms with van der Waals surface area (Å²) in [7, 11) is 3.22. The van der Waals surface area contributed by atoms with E-state index in [0.29, 0.717) is 0 Å². The van der Waals surface area contributed by atoms with Crippen LogP contribution in [0.25, 0.3) is 0 Å². The van der Waals surface area contributed by atoms with Crippen LogP contribution in [0.2, 0.25) is 13.1 Å². The summed E-state index contributed by atoms with van der Waals surface area (Å²) in [5.41, 5.74) is -0.480. The Hall–Kier alpha value is 0.974. The predicted molar refractivity (Wildman–Crippen MR) is 143 cm³/mol. The lowest BCUT2D eigenvalue weighted by Crippen LogP contribution is -2.42. The largest absolute Gasteiger partial charge is 0.354 e. The molecule has 0 rings (SSSR count). The first-order valence-electron chi connectivity index (χ1n) is 12.4. The molecule has 0 spiro atoms. The van der Waals surface area contributed by atoms with E-state index in [1.54, 1.807) is 0 Å². The molecule has 0 heterocycles. The minimum absolute atomic E-state index is 0.240. The monoisotopic (exact) mass is 498 g/mol. The van der Waals surface area contributed by atoms with E-state index in [1.165, 1.54) is 0 Å². The van der Waals surface area contributed by atoms with Crippen LogP contribution in [0.15, 0.2) is 0 Å². The maximum absolute atomic E-state index is 6.19. The summed E-state index contributed by atoms with van der Waals surface area (Å²) in [5.74, 6) is 2.33. The Morgan fingerprint density at radius 3 is 1.10 bits per heavy atom. The maximum atomic E-state index is 6.19. The van der Waals surface area contributed by atoms with Crippen LogP contribution < -0.4 is 0 Å². The van der Waals surface area contributed by atoms with Crippen LogP contribution >= 0.6 is 21.6 Å². The van der Waals surface area contributed by atoms with Gasteiger partial charge in [-0.3, -0.25) is 0 Å². The van der Waals surface area contributed by atoms with Gasteiger partial charge in [0, 0.05) is 37.9 Å². The number of hydrogen-bond acceptors (Lipinski definition) is 6. The van der Waals surface area contributed by atoms with Crippen LogP contribution in [0.4, 0.5) is 0 Å². The van der Waals surface area contributed by atoms with Crippen molar-refractivity contribution in [3.05, 3.63) is 0 Å². The highest BCUT2D eigenvalue weighted by Gasteiger charge is 2.30. The average Bonchev–Trinajstić information content (AvgIpc) is 2.78. The standard InChI is InChI=1S/C22H50O4S2Si2/c1-7-15-23-21(29-5,24-16-8-2)13-11-19-27-28-20-12-14-22(30-6,25-17-9-3)26-18-10-4/h7-20,29-30H2,1-6H3. The van der Waals surface area contributed by atoms with Gasteiger partial charge >= 0.3 is 0 Å². The zero-order chi connectivity index (χ0) is 22.6. The van der Waals surface area contributed by atoms with Crippen molar-refractivity contribution in [1.29, 1.82) is 0 Å². The van der Waals surface area contributed by atoms with Gasteiger partial charge in [-0.15, -0.1) is 0 Å². The first-order valence-corrected chi connectivity index (χ1v) is 19.1. The lowest BCUT2D eigenvalue weighted by molar-refractivity contribution is -0.184. The topological polar surface area (TPSA) is 36.9 Å². The average molecular weight is 499 g/mol. The summed E-state index contributed by atoms with van der Waals surface area (Å²) in [4.78, 5) is 0. The Bertz CT molecular complexity index is 329. The van der Waals surface area contributed by atoms with Crippen molar-refractivity contribution >= 4 is 40.6 Å². The van der Waals surface area contributed by atoms with Gasteiger partial charge in [-0.25, -0.2) is 0 Å². The van der Waals surface area contributed by atoms with E-state index in [4.69, 9.17) is 18.9 Å². The molecule has 0 bridgehead atoms. The minimum Gasteiger partial charge on any atom is -0.354 e. The molecule has 0 N–H and O–H groups in total. The normalized spacial score (nSPS) is 13.4. The molecule has 0 saturated carbocycles. The van der Waals surface area contributed by atoms with Crippen molar-refractivity contribution in [1.82, 2.24) is 0 Å². The zero-order valence-electron chi connectivity index (χ0n) is 20.8. The number of rotatable bonds is 23. The molecule has 0 aromatic carbocycles. The molecule has 0 aromatic rings. The summed E-state index contributed by atoms with van der Waals surface area (Å²) in [5, 5.41) is 0. The minimum atomic E-state index is -0.385. The fraction of sp³-hybridized carbons (Fsp3) is 1.00. The Morgan fingerprint density at radius 1 is 0.567 bits per heavy atom. The Kier molecular flexibility index (Phi) is 21.2. The van der Waals surface area contributed by atoms with E-state index in [9.17, 15) is 0 Å². The highest BCUT2D eigenvalue weighted by Crippen LogP contribution is 2.29. The summed E-state index contributed by atoms with van der Waals surface area (Å²) >= 11 is 0. The van der Waals surface area contributed by atoms with Crippen molar-refractivity contribution in [3.63, 3.8) is 0 Å². The molecule has 0 saturated heterocycles. The first-order chi connectivity index (χ1) is 14.6. The van der Waals surface area contributed by atoms with Gasteiger partial charge in [-0.05, 0) is 51.4 Å². The fourth-order valence-electron chi connectivity index (χ4n) is 3.20. The second-order valence-corrected chi connectivity index (χ2v) is 14.0. The fourth-order valence-corrected chi connectivity index (χ4v) is 7.98. The number of hydrogen-bond donors (Lipinski definition) is 0. The molecule has 0 aliphatic carbocycles. The van der Waals surface area contributed by atoms with Gasteiger partial charge in [0.25, 0.3) is 0 Å². The van der Waals surface area contributed by atoms with Crippen LogP contribution in [-0.2, 0) is 18.9 Å². The van der Waals surface area contributed by atoms with E-state index in [0.717, 1.165) is 89.3 Å². The molecule has 0 radical (unpaired) electrons. The van der Waals surface area contributed by atoms with E-state index in [2.05, 4.69) is 40.8 Å². The number of ether oxygens (including phenoxy) is 4. The van der Waals surface area contributed by atoms with Gasteiger partial charge in [-0.1, -0.05) is 62.4 Å². The van der Waals surface area contributed by atoms with Gasteiger partial charge in [0.15, 0.2) is 0 Å². The van der Waals surface area contributed by atoms with Crippen molar-refractivity contribution in [2.24, 2.45) is 0 Å². The quantitative estimate of drug-likeness (QED) is 0.0815. The molecule has 4 nitrogen and oxygen atoms in total. The third-order valence-corrected chi connectivity index (χ3v) is 11.3. The van der Waals surface area contributed by atoms with Crippen LogP contribution in [0.3, 0.4) is 0 Å². The predicted octanol–water partition coefficient (Wildman–Crippen LogP) is 5.38. The second kappa shape index (κ2) is 20.6. The molecule has 0 aliphatic rings. The second-order valence-electron chi connectivity index (χ2n) is 7.77. The van der Waals surface area contributed by atoms with Crippen molar-refractivity contribution in [2.45, 2.75) is 103 Å². The smallest absolute Gasteiger partial charge is 0.144 e. The Morgan fingerprint density at radius 2 is 0.867 bits per heavy atom. The molecule has 0 unspecified atom stereocenters. The molecule has 0 aliphatic heterocycles. The third kappa shape index (κ3) is 14.2. The Labute approximate surface area is 200 Å². The summed E-state index contributed by atoms with van der Waals surface area (Å²) in [6.45, 7) is 16.6. The van der Waals surface area contributed by atoms with Gasteiger partial charge in [0.2, 0.25) is 0 Å². The van der Waals surface area contributed by atoms with Crippen LogP contribution in [0.5, 0.6) is 0 Å². The van der Waals surface area contributed by atoms with Gasteiger partial charge in [0.1, 0.15) is 10.8 Å². The van der Waals surface area contributed by atoms with Crippen molar-refractivity contribution in [3.8, 4) is 0 Å². The summed E-state index contributed by atoms with van der Waals surface area (Å²) in [6, 6.07) is 0. The van der Waals surface area contributed by atoms with E-state index < -0.39 is 0 Å². The molecule has 0 aromatic heterocycles. The molecule has 0 atom stereocenters. The molecule has 0 fully saturated rings. The SMILES string of the molecule is CCCOC(CCCSSCCCC(OCCC)(OCCC)[SiH2]C)(OCCC)[SiH2]C. The van der Waals surface area contributed by atoms with Gasteiger partial charge in [-0.2, -0.15) is 0 Å². The maximum Gasteiger partial charge on any atom is 0.144 e. The molecule has 182 valence electrons. The van der Waals surface area contributed by atoms with Crippen molar-refractivity contribution < 1.29 is 18.9 Å². The third-order valence-electron chi connectivity index (χ3n) is 5.01. The van der Waals surface area contributed by atoms with Crippen LogP contribution in [0.1, 0.15) is 79.1 Å². The lowest BCUT2D eigenvalue weighted by Gasteiger charge is -2.33.